The quantitative estimate of drug-likeness (QED) is 0.563. The molecule has 1 aromatic heterocycles. The highest BCUT2D eigenvalue weighted by Gasteiger charge is 2.17. The first-order valence-corrected chi connectivity index (χ1v) is 4.18. The molecule has 3 heteroatoms. The van der Waals surface area contributed by atoms with Crippen molar-refractivity contribution in [1.82, 2.24) is 4.37 Å². The molecule has 2 nitrogen and oxygen atoms in total. The number of nitrogens with zero attached hydrogens (tertiary/aromatic N) is 2. The molecule has 0 bridgehead atoms. The van der Waals surface area contributed by atoms with Gasteiger partial charge in [-0.1, -0.05) is 13.8 Å². The van der Waals surface area contributed by atoms with Crippen LogP contribution in [0.2, 0.25) is 0 Å². The van der Waals surface area contributed by atoms with Crippen molar-refractivity contribution < 1.29 is 3.96 Å². The van der Waals surface area contributed by atoms with E-state index in [0.29, 0.717) is 5.92 Å². The molecule has 0 atom stereocenters. The maximum absolute atomic E-state index is 4.24. The van der Waals surface area contributed by atoms with Gasteiger partial charge in [-0.25, -0.2) is 0 Å². The molecular weight excluding hydrogens is 144 g/mol. The highest BCUT2D eigenvalue weighted by atomic mass is 32.1. The molecule has 0 aliphatic rings. The lowest BCUT2D eigenvalue weighted by atomic mass is 10.1. The van der Waals surface area contributed by atoms with Crippen molar-refractivity contribution in [3.8, 4) is 0 Å². The Morgan fingerprint density at radius 2 is 2.10 bits per heavy atom. The third-order valence-electron chi connectivity index (χ3n) is 1.56. The number of rotatable bonds is 1. The normalized spacial score (nSPS) is 10.9. The van der Waals surface area contributed by atoms with E-state index < -0.39 is 0 Å². The molecule has 0 aliphatic carbocycles. The number of hydrogen-bond acceptors (Lipinski definition) is 2. The van der Waals surface area contributed by atoms with Crippen molar-refractivity contribution in [1.29, 1.82) is 0 Å². The lowest BCUT2D eigenvalue weighted by molar-refractivity contribution is -0.610. The third-order valence-corrected chi connectivity index (χ3v) is 2.35. The van der Waals surface area contributed by atoms with E-state index in [4.69, 9.17) is 0 Å². The standard InChI is InChI=1S/C7H13N2S/c1-5(2)7-6(3)8-10-9(7)4/h5H,1-4H3/q+1. The van der Waals surface area contributed by atoms with Gasteiger partial charge >= 0.3 is 0 Å². The van der Waals surface area contributed by atoms with E-state index in [1.165, 1.54) is 23.1 Å². The van der Waals surface area contributed by atoms with E-state index in [1.807, 2.05) is 0 Å². The lowest BCUT2D eigenvalue weighted by Gasteiger charge is -1.97. The van der Waals surface area contributed by atoms with Crippen molar-refractivity contribution in [2.24, 2.45) is 7.05 Å². The van der Waals surface area contributed by atoms with Crippen LogP contribution in [-0.2, 0) is 7.05 Å². The van der Waals surface area contributed by atoms with Gasteiger partial charge < -0.3 is 0 Å². The summed E-state index contributed by atoms with van der Waals surface area (Å²) in [6, 6.07) is 0. The Morgan fingerprint density at radius 3 is 2.30 bits per heavy atom. The highest BCUT2D eigenvalue weighted by Crippen LogP contribution is 2.13. The van der Waals surface area contributed by atoms with Crippen LogP contribution in [0.5, 0.6) is 0 Å². The molecule has 0 spiro atoms. The van der Waals surface area contributed by atoms with Gasteiger partial charge in [-0.05, 0) is 0 Å². The summed E-state index contributed by atoms with van der Waals surface area (Å²) in [5, 5.41) is 0. The summed E-state index contributed by atoms with van der Waals surface area (Å²) in [6.45, 7) is 6.44. The van der Waals surface area contributed by atoms with Crippen molar-refractivity contribution in [2.75, 3.05) is 0 Å². The first kappa shape index (κ1) is 7.66. The summed E-state index contributed by atoms with van der Waals surface area (Å²) in [6.07, 6.45) is 0. The first-order valence-electron chi connectivity index (χ1n) is 3.45. The Kier molecular flexibility index (Phi) is 2.04. The van der Waals surface area contributed by atoms with Gasteiger partial charge in [0.25, 0.3) is 11.7 Å². The van der Waals surface area contributed by atoms with Crippen molar-refractivity contribution >= 4 is 11.7 Å². The number of aryl methyl sites for hydroxylation is 2. The van der Waals surface area contributed by atoms with Crippen molar-refractivity contribution in [3.05, 3.63) is 11.4 Å². The van der Waals surface area contributed by atoms with Gasteiger partial charge in [0.2, 0.25) is 5.69 Å². The van der Waals surface area contributed by atoms with Gasteiger partial charge in [-0.3, -0.25) is 0 Å². The van der Waals surface area contributed by atoms with Gasteiger partial charge in [0, 0.05) is 17.2 Å². The Bertz CT molecular complexity index is 208. The Hall–Kier alpha value is -0.440. The van der Waals surface area contributed by atoms with Crippen LogP contribution in [0.3, 0.4) is 0 Å². The summed E-state index contributed by atoms with van der Waals surface area (Å²) >= 11 is 1.53. The van der Waals surface area contributed by atoms with E-state index in [-0.39, 0.29) is 0 Å². The molecule has 0 aromatic carbocycles. The van der Waals surface area contributed by atoms with Crippen LogP contribution in [0.4, 0.5) is 0 Å². The maximum atomic E-state index is 4.24. The second-order valence-corrected chi connectivity index (χ2v) is 3.69. The second kappa shape index (κ2) is 2.66. The molecule has 1 rings (SSSR count). The van der Waals surface area contributed by atoms with Crippen LogP contribution < -0.4 is 3.96 Å². The number of hydrogen-bond donors (Lipinski definition) is 0. The molecule has 0 unspecified atom stereocenters. The average molecular weight is 157 g/mol. The average Bonchev–Trinajstić information content (AvgIpc) is 2.11. The van der Waals surface area contributed by atoms with Gasteiger partial charge in [-0.15, -0.1) is 0 Å². The smallest absolute Gasteiger partial charge is 0.176 e. The summed E-state index contributed by atoms with van der Waals surface area (Å²) in [5.74, 6) is 0.587. The van der Waals surface area contributed by atoms with E-state index in [9.17, 15) is 0 Å². The molecule has 0 saturated carbocycles. The van der Waals surface area contributed by atoms with Crippen LogP contribution in [0.25, 0.3) is 0 Å². The van der Waals surface area contributed by atoms with Crippen LogP contribution >= 0.6 is 11.7 Å². The summed E-state index contributed by atoms with van der Waals surface area (Å²) in [5.41, 5.74) is 2.52. The van der Waals surface area contributed by atoms with Crippen molar-refractivity contribution in [3.63, 3.8) is 0 Å². The van der Waals surface area contributed by atoms with Gasteiger partial charge in [0.1, 0.15) is 0 Å². The summed E-state index contributed by atoms with van der Waals surface area (Å²) in [4.78, 5) is 0. The molecule has 1 heterocycles. The Morgan fingerprint density at radius 1 is 1.50 bits per heavy atom. The topological polar surface area (TPSA) is 16.8 Å². The molecule has 10 heavy (non-hydrogen) atoms. The predicted molar refractivity (Wildman–Crippen MR) is 42.1 cm³/mol. The molecular formula is C7H13N2S+. The molecule has 0 saturated heterocycles. The number of aromatic nitrogens is 2. The third kappa shape index (κ3) is 1.19. The zero-order chi connectivity index (χ0) is 7.72. The van der Waals surface area contributed by atoms with E-state index in [1.54, 1.807) is 0 Å². The largest absolute Gasteiger partial charge is 0.276 e. The minimum Gasteiger partial charge on any atom is -0.176 e. The van der Waals surface area contributed by atoms with Crippen LogP contribution in [0.1, 0.15) is 31.2 Å². The van der Waals surface area contributed by atoms with Gasteiger partial charge in [0.15, 0.2) is 5.69 Å². The van der Waals surface area contributed by atoms with Gasteiger partial charge in [-0.2, -0.15) is 3.96 Å². The molecule has 0 N–H and O–H groups in total. The molecule has 0 fully saturated rings. The molecule has 0 amide bonds. The highest BCUT2D eigenvalue weighted by molar-refractivity contribution is 6.94. The fourth-order valence-electron chi connectivity index (χ4n) is 1.22. The Balaban J connectivity index is 3.10. The van der Waals surface area contributed by atoms with Crippen molar-refractivity contribution in [2.45, 2.75) is 26.7 Å². The van der Waals surface area contributed by atoms with E-state index in [0.717, 1.165) is 0 Å². The fraction of sp³-hybridized carbons (Fsp3) is 0.714. The minimum atomic E-state index is 0.587. The second-order valence-electron chi connectivity index (χ2n) is 2.80. The fourth-order valence-corrected chi connectivity index (χ4v) is 1.99. The zero-order valence-corrected chi connectivity index (χ0v) is 7.70. The molecule has 0 aliphatic heterocycles. The van der Waals surface area contributed by atoms with E-state index in [2.05, 4.69) is 36.1 Å². The summed E-state index contributed by atoms with van der Waals surface area (Å²) < 4.78 is 6.37. The zero-order valence-electron chi connectivity index (χ0n) is 6.88. The first-order chi connectivity index (χ1) is 4.63. The monoisotopic (exact) mass is 157 g/mol. The van der Waals surface area contributed by atoms with Crippen LogP contribution in [0.15, 0.2) is 0 Å². The molecule has 1 aromatic rings. The molecule has 0 radical (unpaired) electrons. The van der Waals surface area contributed by atoms with Crippen LogP contribution in [-0.4, -0.2) is 4.37 Å². The maximum Gasteiger partial charge on any atom is 0.276 e. The lowest BCUT2D eigenvalue weighted by Crippen LogP contribution is -2.28. The van der Waals surface area contributed by atoms with Gasteiger partial charge in [0.05, 0.1) is 7.05 Å². The molecule has 56 valence electrons. The Labute approximate surface area is 65.8 Å². The SMILES string of the molecule is Cc1ns[n+](C)c1C(C)C. The summed E-state index contributed by atoms with van der Waals surface area (Å²) in [7, 11) is 2.06. The van der Waals surface area contributed by atoms with E-state index >= 15 is 0 Å². The van der Waals surface area contributed by atoms with Crippen LogP contribution in [0, 0.1) is 6.92 Å². The minimum absolute atomic E-state index is 0.587. The predicted octanol–water partition coefficient (Wildman–Crippen LogP) is 1.40.